The summed E-state index contributed by atoms with van der Waals surface area (Å²) < 4.78 is 20.5. The minimum atomic E-state index is -0.991. The number of amides is 1. The van der Waals surface area contributed by atoms with E-state index < -0.39 is 11.4 Å². The standard InChI is InChI=1S/C29H32FN9O2/c1-17-11-24(35-25-12-18(2)37-38-25)36-27(23(17)13-31)20-7-9-29(41-4,10-8-20)28(40)34-19(3)21-5-6-26(32-14-21)39-16-22(30)15-33-39/h5-6,11-12,14-16,19-20H,7-10H2,1-4H3,(H,34,40)(H2,35,36,37,38)/t19-,20-,29-/m0/s1. The van der Waals surface area contributed by atoms with Crippen molar-refractivity contribution in [3.05, 3.63) is 76.8 Å². The Balaban J connectivity index is 1.27. The first-order chi connectivity index (χ1) is 19.7. The molecule has 4 heterocycles. The maximum atomic E-state index is 13.5. The summed E-state index contributed by atoms with van der Waals surface area (Å²) in [6.07, 6.45) is 6.24. The largest absolute Gasteiger partial charge is 0.368 e. The molecule has 12 heteroatoms. The van der Waals surface area contributed by atoms with Crippen molar-refractivity contribution in [1.82, 2.24) is 35.3 Å². The Labute approximate surface area is 237 Å². The lowest BCUT2D eigenvalue weighted by atomic mass is 9.75. The van der Waals surface area contributed by atoms with Crippen LogP contribution in [0.3, 0.4) is 0 Å². The van der Waals surface area contributed by atoms with Crippen LogP contribution in [0.1, 0.15) is 72.6 Å². The predicted octanol–water partition coefficient (Wildman–Crippen LogP) is 4.68. The van der Waals surface area contributed by atoms with E-state index in [1.807, 2.05) is 39.0 Å². The summed E-state index contributed by atoms with van der Waals surface area (Å²) in [5, 5.41) is 27.2. The molecular weight excluding hydrogens is 525 g/mol. The van der Waals surface area contributed by atoms with Crippen LogP contribution in [0.4, 0.5) is 16.0 Å². The minimum absolute atomic E-state index is 0.00314. The molecule has 1 atom stereocenters. The SMILES string of the molecule is CO[C@]1(C(=O)N[C@@H](C)c2ccc(-n3cc(F)cn3)nc2)CC[C@@H](c2nc(Nc3cc(C)[nH]n3)cc(C)c2C#N)CC1. The van der Waals surface area contributed by atoms with Crippen molar-refractivity contribution >= 4 is 17.5 Å². The van der Waals surface area contributed by atoms with Gasteiger partial charge < -0.3 is 15.4 Å². The lowest BCUT2D eigenvalue weighted by Crippen LogP contribution is -2.50. The molecule has 1 aliphatic rings. The van der Waals surface area contributed by atoms with E-state index in [1.165, 1.54) is 10.9 Å². The summed E-state index contributed by atoms with van der Waals surface area (Å²) in [5.41, 5.74) is 2.85. The molecule has 0 unspecified atom stereocenters. The number of carbonyl (C=O) groups is 1. The van der Waals surface area contributed by atoms with Crippen molar-refractivity contribution in [2.24, 2.45) is 0 Å². The van der Waals surface area contributed by atoms with Gasteiger partial charge in [-0.05, 0) is 69.7 Å². The summed E-state index contributed by atoms with van der Waals surface area (Å²) in [6.45, 7) is 5.69. The van der Waals surface area contributed by atoms with Crippen LogP contribution in [-0.4, -0.2) is 48.6 Å². The second kappa shape index (κ2) is 11.5. The molecule has 212 valence electrons. The van der Waals surface area contributed by atoms with E-state index in [0.29, 0.717) is 48.7 Å². The van der Waals surface area contributed by atoms with Crippen molar-refractivity contribution in [3.8, 4) is 11.9 Å². The zero-order valence-corrected chi connectivity index (χ0v) is 23.4. The molecule has 1 amide bonds. The highest BCUT2D eigenvalue weighted by molar-refractivity contribution is 5.85. The fourth-order valence-electron chi connectivity index (χ4n) is 5.32. The van der Waals surface area contributed by atoms with Gasteiger partial charge in [0, 0.05) is 31.0 Å². The zero-order chi connectivity index (χ0) is 29.1. The number of nitriles is 1. The Morgan fingerprint density at radius 2 is 2.02 bits per heavy atom. The smallest absolute Gasteiger partial charge is 0.252 e. The van der Waals surface area contributed by atoms with E-state index >= 15 is 0 Å². The van der Waals surface area contributed by atoms with Gasteiger partial charge in [-0.25, -0.2) is 19.0 Å². The van der Waals surface area contributed by atoms with Crippen LogP contribution in [0.25, 0.3) is 5.82 Å². The number of nitrogens with zero attached hydrogens (tertiary/aromatic N) is 6. The number of aromatic amines is 1. The first-order valence-corrected chi connectivity index (χ1v) is 13.4. The molecule has 0 saturated heterocycles. The maximum absolute atomic E-state index is 13.5. The molecule has 0 spiro atoms. The summed E-state index contributed by atoms with van der Waals surface area (Å²) in [4.78, 5) is 22.7. The number of halogens is 1. The fourth-order valence-corrected chi connectivity index (χ4v) is 5.32. The third-order valence-electron chi connectivity index (χ3n) is 7.71. The lowest BCUT2D eigenvalue weighted by Gasteiger charge is -2.38. The Morgan fingerprint density at radius 1 is 1.24 bits per heavy atom. The van der Waals surface area contributed by atoms with E-state index in [1.54, 1.807) is 19.4 Å². The molecule has 5 rings (SSSR count). The third kappa shape index (κ3) is 5.81. The highest BCUT2D eigenvalue weighted by Crippen LogP contribution is 2.41. The van der Waals surface area contributed by atoms with E-state index in [-0.39, 0.29) is 17.9 Å². The van der Waals surface area contributed by atoms with Crippen molar-refractivity contribution in [1.29, 1.82) is 5.26 Å². The monoisotopic (exact) mass is 557 g/mol. The first-order valence-electron chi connectivity index (χ1n) is 13.4. The number of aromatic nitrogens is 6. The van der Waals surface area contributed by atoms with Gasteiger partial charge in [0.1, 0.15) is 17.5 Å². The maximum Gasteiger partial charge on any atom is 0.252 e. The van der Waals surface area contributed by atoms with Crippen molar-refractivity contribution < 1.29 is 13.9 Å². The molecule has 11 nitrogen and oxygen atoms in total. The third-order valence-corrected chi connectivity index (χ3v) is 7.71. The van der Waals surface area contributed by atoms with Crippen LogP contribution < -0.4 is 10.6 Å². The average Bonchev–Trinajstić information content (AvgIpc) is 3.60. The number of methoxy groups -OCH3 is 1. The van der Waals surface area contributed by atoms with E-state index in [0.717, 1.165) is 28.7 Å². The number of aryl methyl sites for hydroxylation is 2. The number of ether oxygens (including phenoxy) is 1. The van der Waals surface area contributed by atoms with Crippen LogP contribution in [0.15, 0.2) is 42.9 Å². The predicted molar refractivity (Wildman–Crippen MR) is 149 cm³/mol. The van der Waals surface area contributed by atoms with Crippen LogP contribution in [0, 0.1) is 31.0 Å². The minimum Gasteiger partial charge on any atom is -0.368 e. The first kappa shape index (κ1) is 27.9. The van der Waals surface area contributed by atoms with Crippen LogP contribution in [0.2, 0.25) is 0 Å². The molecule has 0 bridgehead atoms. The van der Waals surface area contributed by atoms with Gasteiger partial charge in [-0.15, -0.1) is 0 Å². The van der Waals surface area contributed by atoms with Gasteiger partial charge in [-0.3, -0.25) is 9.89 Å². The molecule has 3 N–H and O–H groups in total. The Hall–Kier alpha value is -4.63. The van der Waals surface area contributed by atoms with Crippen molar-refractivity contribution in [2.75, 3.05) is 12.4 Å². The lowest BCUT2D eigenvalue weighted by molar-refractivity contribution is -0.148. The number of nitrogens with one attached hydrogen (secondary N) is 3. The van der Waals surface area contributed by atoms with Gasteiger partial charge in [0.25, 0.3) is 5.91 Å². The van der Waals surface area contributed by atoms with E-state index in [4.69, 9.17) is 9.72 Å². The summed E-state index contributed by atoms with van der Waals surface area (Å²) in [5.74, 6) is 1.11. The second-order valence-corrected chi connectivity index (χ2v) is 10.5. The number of H-pyrrole nitrogens is 1. The molecule has 0 aromatic carbocycles. The van der Waals surface area contributed by atoms with Gasteiger partial charge in [0.15, 0.2) is 17.5 Å². The van der Waals surface area contributed by atoms with Crippen LogP contribution in [0.5, 0.6) is 0 Å². The summed E-state index contributed by atoms with van der Waals surface area (Å²) in [7, 11) is 1.56. The van der Waals surface area contributed by atoms with E-state index in [2.05, 4.69) is 37.0 Å². The normalized spacial score (nSPS) is 19.4. The molecule has 1 fully saturated rings. The van der Waals surface area contributed by atoms with Gasteiger partial charge in [0.2, 0.25) is 0 Å². The van der Waals surface area contributed by atoms with E-state index in [9.17, 15) is 14.4 Å². The molecule has 4 aromatic heterocycles. The topological polar surface area (TPSA) is 146 Å². The number of anilines is 2. The molecule has 0 radical (unpaired) electrons. The van der Waals surface area contributed by atoms with Crippen molar-refractivity contribution in [3.63, 3.8) is 0 Å². The number of rotatable bonds is 8. The van der Waals surface area contributed by atoms with Gasteiger partial charge in [0.05, 0.1) is 29.7 Å². The highest BCUT2D eigenvalue weighted by atomic mass is 19.1. The van der Waals surface area contributed by atoms with Gasteiger partial charge in [-0.1, -0.05) is 6.07 Å². The molecular formula is C29H32FN9O2. The van der Waals surface area contributed by atoms with Gasteiger partial charge >= 0.3 is 0 Å². The Bertz CT molecular complexity index is 1580. The molecule has 1 aliphatic carbocycles. The quantitative estimate of drug-likeness (QED) is 0.283. The van der Waals surface area contributed by atoms with Crippen LogP contribution in [-0.2, 0) is 9.53 Å². The van der Waals surface area contributed by atoms with Crippen LogP contribution >= 0.6 is 0 Å². The molecule has 0 aliphatic heterocycles. The number of hydrogen-bond donors (Lipinski definition) is 3. The molecule has 1 saturated carbocycles. The average molecular weight is 558 g/mol. The Morgan fingerprint density at radius 3 is 2.61 bits per heavy atom. The number of hydrogen-bond acceptors (Lipinski definition) is 8. The van der Waals surface area contributed by atoms with Gasteiger partial charge in [-0.2, -0.15) is 15.5 Å². The number of pyridine rings is 2. The number of carbonyl (C=O) groups excluding carboxylic acids is 1. The zero-order valence-electron chi connectivity index (χ0n) is 23.4. The summed E-state index contributed by atoms with van der Waals surface area (Å²) >= 11 is 0. The highest BCUT2D eigenvalue weighted by Gasteiger charge is 2.43. The fraction of sp³-hybridized carbons (Fsp3) is 0.379. The second-order valence-electron chi connectivity index (χ2n) is 10.5. The molecule has 4 aromatic rings. The van der Waals surface area contributed by atoms with Crippen molar-refractivity contribution in [2.45, 2.75) is 64.0 Å². The summed E-state index contributed by atoms with van der Waals surface area (Å²) in [6, 6.07) is 9.27. The Kier molecular flexibility index (Phi) is 7.81. The molecule has 41 heavy (non-hydrogen) atoms.